The molecule has 0 spiro atoms. The molecule has 1 aromatic rings. The summed E-state index contributed by atoms with van der Waals surface area (Å²) in [6.07, 6.45) is 7.21. The second-order valence-electron chi connectivity index (χ2n) is 5.02. The molecule has 0 aromatic carbocycles. The minimum Gasteiger partial charge on any atom is -0.383 e. The van der Waals surface area contributed by atoms with Crippen LogP contribution in [0, 0.1) is 0 Å². The molecule has 0 atom stereocenters. The molecule has 1 amide bonds. The van der Waals surface area contributed by atoms with Crippen LogP contribution in [0.25, 0.3) is 0 Å². The maximum atomic E-state index is 11.8. The summed E-state index contributed by atoms with van der Waals surface area (Å²) in [5.74, 6) is -0.0391. The lowest BCUT2D eigenvalue weighted by Gasteiger charge is -2.06. The summed E-state index contributed by atoms with van der Waals surface area (Å²) in [5, 5.41) is 6.66. The molecule has 7 heteroatoms. The van der Waals surface area contributed by atoms with Crippen LogP contribution in [0.1, 0.15) is 36.3 Å². The zero-order chi connectivity index (χ0) is 14.2. The van der Waals surface area contributed by atoms with Crippen LogP contribution in [0.4, 0.5) is 5.13 Å². The highest BCUT2D eigenvalue weighted by molar-refractivity contribution is 7.15. The number of carbonyl (C=O) groups excluding carboxylic acids is 1. The molecule has 120 valence electrons. The van der Waals surface area contributed by atoms with Gasteiger partial charge in [0.2, 0.25) is 5.91 Å². The van der Waals surface area contributed by atoms with E-state index in [2.05, 4.69) is 15.6 Å². The Balaban J connectivity index is 0.00000220. The van der Waals surface area contributed by atoms with Crippen molar-refractivity contribution < 1.29 is 9.53 Å². The first-order valence-corrected chi connectivity index (χ1v) is 8.09. The SMILES string of the molecule is COCCNCC(=O)Nc1nc2c(s1)CCCCCC2.Cl. The predicted octanol–water partition coefficient (Wildman–Crippen LogP) is 2.40. The average Bonchev–Trinajstić information content (AvgIpc) is 2.76. The van der Waals surface area contributed by atoms with E-state index in [0.29, 0.717) is 19.7 Å². The number of thiazole rings is 1. The van der Waals surface area contributed by atoms with Crippen molar-refractivity contribution in [3.8, 4) is 0 Å². The van der Waals surface area contributed by atoms with Crippen LogP contribution < -0.4 is 10.6 Å². The Morgan fingerprint density at radius 3 is 2.81 bits per heavy atom. The first-order valence-electron chi connectivity index (χ1n) is 7.27. The highest BCUT2D eigenvalue weighted by atomic mass is 35.5. The van der Waals surface area contributed by atoms with E-state index < -0.39 is 0 Å². The number of rotatable bonds is 6. The zero-order valence-corrected chi connectivity index (χ0v) is 14.1. The molecule has 0 aliphatic heterocycles. The van der Waals surface area contributed by atoms with E-state index in [1.165, 1.54) is 36.3 Å². The first kappa shape index (κ1) is 18.4. The Labute approximate surface area is 136 Å². The van der Waals surface area contributed by atoms with Crippen molar-refractivity contribution in [2.24, 2.45) is 0 Å². The fourth-order valence-electron chi connectivity index (χ4n) is 2.30. The number of nitrogens with zero attached hydrogens (tertiary/aromatic N) is 1. The third-order valence-corrected chi connectivity index (χ3v) is 4.43. The summed E-state index contributed by atoms with van der Waals surface area (Å²) in [7, 11) is 1.65. The maximum absolute atomic E-state index is 11.8. The Bertz CT molecular complexity index is 414. The highest BCUT2D eigenvalue weighted by Crippen LogP contribution is 2.28. The van der Waals surface area contributed by atoms with Gasteiger partial charge in [-0.2, -0.15) is 0 Å². The van der Waals surface area contributed by atoms with E-state index in [0.717, 1.165) is 18.0 Å². The molecular weight excluding hydrogens is 310 g/mol. The monoisotopic (exact) mass is 333 g/mol. The van der Waals surface area contributed by atoms with Crippen molar-refractivity contribution in [2.45, 2.75) is 38.5 Å². The zero-order valence-electron chi connectivity index (χ0n) is 12.4. The van der Waals surface area contributed by atoms with Gasteiger partial charge in [-0.3, -0.25) is 4.79 Å². The van der Waals surface area contributed by atoms with Gasteiger partial charge in [0.25, 0.3) is 0 Å². The summed E-state index contributed by atoms with van der Waals surface area (Å²) >= 11 is 1.63. The lowest BCUT2D eigenvalue weighted by molar-refractivity contribution is -0.115. The molecule has 0 fully saturated rings. The van der Waals surface area contributed by atoms with Crippen molar-refractivity contribution in [1.82, 2.24) is 10.3 Å². The number of aryl methyl sites for hydroxylation is 2. The lowest BCUT2D eigenvalue weighted by Crippen LogP contribution is -2.30. The lowest BCUT2D eigenvalue weighted by atomic mass is 10.0. The maximum Gasteiger partial charge on any atom is 0.240 e. The molecule has 0 unspecified atom stereocenters. The summed E-state index contributed by atoms with van der Waals surface area (Å²) in [6, 6.07) is 0. The molecule has 1 heterocycles. The van der Waals surface area contributed by atoms with Crippen LogP contribution in [0.3, 0.4) is 0 Å². The smallest absolute Gasteiger partial charge is 0.240 e. The molecule has 1 aliphatic rings. The largest absolute Gasteiger partial charge is 0.383 e. The van der Waals surface area contributed by atoms with E-state index in [1.807, 2.05) is 0 Å². The van der Waals surface area contributed by atoms with E-state index in [-0.39, 0.29) is 18.3 Å². The Hall–Kier alpha value is -0.690. The van der Waals surface area contributed by atoms with E-state index >= 15 is 0 Å². The number of nitrogens with one attached hydrogen (secondary N) is 2. The van der Waals surface area contributed by atoms with Crippen molar-refractivity contribution in [3.05, 3.63) is 10.6 Å². The molecular formula is C14H24ClN3O2S. The molecule has 0 radical (unpaired) electrons. The van der Waals surface area contributed by atoms with E-state index in [1.54, 1.807) is 18.4 Å². The van der Waals surface area contributed by atoms with Crippen molar-refractivity contribution in [1.29, 1.82) is 0 Å². The Kier molecular flexibility index (Phi) is 8.84. The molecule has 0 saturated heterocycles. The minimum atomic E-state index is -0.0391. The molecule has 2 rings (SSSR count). The fraction of sp³-hybridized carbons (Fsp3) is 0.714. The summed E-state index contributed by atoms with van der Waals surface area (Å²) < 4.78 is 4.92. The van der Waals surface area contributed by atoms with Crippen LogP contribution in [0.15, 0.2) is 0 Å². The molecule has 1 aromatic heterocycles. The molecule has 2 N–H and O–H groups in total. The normalized spacial score (nSPS) is 14.5. The van der Waals surface area contributed by atoms with Gasteiger partial charge < -0.3 is 15.4 Å². The number of aromatic nitrogens is 1. The van der Waals surface area contributed by atoms with Gasteiger partial charge in [0, 0.05) is 18.5 Å². The second-order valence-corrected chi connectivity index (χ2v) is 6.10. The summed E-state index contributed by atoms with van der Waals surface area (Å²) in [5.41, 5.74) is 1.19. The molecule has 5 nitrogen and oxygen atoms in total. The van der Waals surface area contributed by atoms with Gasteiger partial charge in [0.1, 0.15) is 0 Å². The van der Waals surface area contributed by atoms with Gasteiger partial charge in [-0.1, -0.05) is 12.8 Å². The number of carbonyl (C=O) groups is 1. The van der Waals surface area contributed by atoms with Crippen LogP contribution in [0.2, 0.25) is 0 Å². The quantitative estimate of drug-likeness (QED) is 0.785. The Morgan fingerprint density at radius 1 is 1.29 bits per heavy atom. The predicted molar refractivity (Wildman–Crippen MR) is 88.6 cm³/mol. The van der Waals surface area contributed by atoms with Crippen LogP contribution >= 0.6 is 23.7 Å². The number of hydrogen-bond donors (Lipinski definition) is 2. The van der Waals surface area contributed by atoms with Gasteiger partial charge in [-0.05, 0) is 25.7 Å². The molecule has 0 saturated carbocycles. The average molecular weight is 334 g/mol. The first-order chi connectivity index (χ1) is 9.79. The number of fused-ring (bicyclic) bond motifs is 1. The highest BCUT2D eigenvalue weighted by Gasteiger charge is 2.14. The minimum absolute atomic E-state index is 0. The van der Waals surface area contributed by atoms with Gasteiger partial charge >= 0.3 is 0 Å². The van der Waals surface area contributed by atoms with Crippen LogP contribution in [0.5, 0.6) is 0 Å². The van der Waals surface area contributed by atoms with E-state index in [9.17, 15) is 4.79 Å². The second kappa shape index (κ2) is 10.1. The molecule has 0 bridgehead atoms. The number of halogens is 1. The number of anilines is 1. The van der Waals surface area contributed by atoms with Crippen molar-refractivity contribution >= 4 is 34.8 Å². The third-order valence-electron chi connectivity index (χ3n) is 3.36. The topological polar surface area (TPSA) is 63.2 Å². The Morgan fingerprint density at radius 2 is 2.05 bits per heavy atom. The molecule has 1 aliphatic carbocycles. The third kappa shape index (κ3) is 6.30. The number of amides is 1. The summed E-state index contributed by atoms with van der Waals surface area (Å²) in [4.78, 5) is 17.7. The van der Waals surface area contributed by atoms with Gasteiger partial charge in [-0.15, -0.1) is 23.7 Å². The number of methoxy groups -OCH3 is 1. The standard InChI is InChI=1S/C14H23N3O2S.ClH/c1-19-9-8-15-10-13(18)17-14-16-11-6-4-2-3-5-7-12(11)20-14;/h15H,2-10H2,1H3,(H,16,17,18);1H. The van der Waals surface area contributed by atoms with Crippen molar-refractivity contribution in [3.63, 3.8) is 0 Å². The van der Waals surface area contributed by atoms with Crippen LogP contribution in [-0.2, 0) is 22.4 Å². The van der Waals surface area contributed by atoms with Crippen LogP contribution in [-0.4, -0.2) is 37.7 Å². The summed E-state index contributed by atoms with van der Waals surface area (Å²) in [6.45, 7) is 1.59. The molecule has 21 heavy (non-hydrogen) atoms. The fourth-order valence-corrected chi connectivity index (χ4v) is 3.36. The van der Waals surface area contributed by atoms with Crippen molar-refractivity contribution in [2.75, 3.05) is 32.1 Å². The van der Waals surface area contributed by atoms with E-state index in [4.69, 9.17) is 4.74 Å². The number of hydrogen-bond acceptors (Lipinski definition) is 5. The van der Waals surface area contributed by atoms with Gasteiger partial charge in [-0.25, -0.2) is 4.98 Å². The van der Waals surface area contributed by atoms with Gasteiger partial charge in [0.05, 0.1) is 18.8 Å². The van der Waals surface area contributed by atoms with Gasteiger partial charge in [0.15, 0.2) is 5.13 Å². The number of ether oxygens (including phenoxy) is 1.